The van der Waals surface area contributed by atoms with E-state index in [4.69, 9.17) is 32.4 Å². The molecule has 4 aromatic rings. The number of rotatable bonds is 5. The van der Waals surface area contributed by atoms with E-state index in [9.17, 15) is 14.7 Å². The summed E-state index contributed by atoms with van der Waals surface area (Å²) in [5.74, 6) is 0.264. The van der Waals surface area contributed by atoms with Crippen molar-refractivity contribution in [2.75, 3.05) is 6.61 Å². The van der Waals surface area contributed by atoms with Crippen molar-refractivity contribution < 1.29 is 19.1 Å². The lowest BCUT2D eigenvalue weighted by molar-refractivity contribution is -0.139. The highest BCUT2D eigenvalue weighted by atomic mass is 79.9. The Hall–Kier alpha value is -3.11. The number of hydrogen-bond acceptors (Lipinski definition) is 7. The molecule has 0 bridgehead atoms. The molecule has 1 aliphatic rings. The van der Waals surface area contributed by atoms with Gasteiger partial charge in [0, 0.05) is 15.6 Å². The summed E-state index contributed by atoms with van der Waals surface area (Å²) in [6.45, 7) is 3.55. The van der Waals surface area contributed by atoms with Crippen LogP contribution in [0.3, 0.4) is 0 Å². The molecule has 1 aliphatic heterocycles. The average Bonchev–Trinajstić information content (AvgIpc) is 3.47. The Morgan fingerprint density at radius 2 is 2.00 bits per heavy atom. The number of carbonyl (C=O) groups is 1. The van der Waals surface area contributed by atoms with Gasteiger partial charge in [0.25, 0.3) is 5.56 Å². The predicted octanol–water partition coefficient (Wildman–Crippen LogP) is 5.83. The van der Waals surface area contributed by atoms with Crippen LogP contribution in [-0.2, 0) is 9.53 Å². The van der Waals surface area contributed by atoms with Gasteiger partial charge in [0.2, 0.25) is 0 Å². The number of aromatic nitrogens is 1. The summed E-state index contributed by atoms with van der Waals surface area (Å²) in [4.78, 5) is 31.7. The van der Waals surface area contributed by atoms with E-state index >= 15 is 0 Å². The van der Waals surface area contributed by atoms with Gasteiger partial charge in [-0.25, -0.2) is 9.79 Å². The van der Waals surface area contributed by atoms with Crippen LogP contribution in [0.2, 0.25) is 10.0 Å². The minimum absolute atomic E-state index is 0.0243. The molecular weight excluding hydrogens is 615 g/mol. The lowest BCUT2D eigenvalue weighted by atomic mass is 10.0. The highest BCUT2D eigenvalue weighted by Gasteiger charge is 2.35. The van der Waals surface area contributed by atoms with Crippen LogP contribution in [0.4, 0.5) is 0 Å². The summed E-state index contributed by atoms with van der Waals surface area (Å²) in [5.41, 5.74) is 1.37. The number of allylic oxidation sites excluding steroid dienone is 1. The molecule has 3 heterocycles. The fraction of sp³-hybridized carbons (Fsp3) is 0.148. The van der Waals surface area contributed by atoms with Gasteiger partial charge in [-0.05, 0) is 68.5 Å². The number of hydrogen-bond donors (Lipinski definition) is 1. The second kappa shape index (κ2) is 10.6. The number of halogens is 3. The number of aromatic hydroxyl groups is 1. The highest BCUT2D eigenvalue weighted by Crippen LogP contribution is 2.35. The van der Waals surface area contributed by atoms with Gasteiger partial charge in [0.1, 0.15) is 23.3 Å². The average molecular weight is 634 g/mol. The second-order valence-electron chi connectivity index (χ2n) is 8.34. The molecular formula is C27H19BrCl2N2O5S. The Kier molecular flexibility index (Phi) is 7.37. The van der Waals surface area contributed by atoms with Crippen LogP contribution in [0.1, 0.15) is 31.2 Å². The van der Waals surface area contributed by atoms with Crippen LogP contribution in [0, 0.1) is 0 Å². The van der Waals surface area contributed by atoms with Crippen molar-refractivity contribution in [3.8, 4) is 17.1 Å². The van der Waals surface area contributed by atoms with E-state index < -0.39 is 12.0 Å². The molecule has 0 aliphatic carbocycles. The number of thiazole rings is 1. The topological polar surface area (TPSA) is 94.0 Å². The van der Waals surface area contributed by atoms with E-state index in [1.54, 1.807) is 62.4 Å². The van der Waals surface area contributed by atoms with Crippen LogP contribution in [0.25, 0.3) is 17.4 Å². The lowest BCUT2D eigenvalue weighted by Gasteiger charge is -2.22. The Morgan fingerprint density at radius 1 is 1.21 bits per heavy atom. The van der Waals surface area contributed by atoms with Crippen molar-refractivity contribution in [2.24, 2.45) is 4.99 Å². The van der Waals surface area contributed by atoms with Gasteiger partial charge >= 0.3 is 5.97 Å². The van der Waals surface area contributed by atoms with Gasteiger partial charge in [-0.15, -0.1) is 0 Å². The predicted molar refractivity (Wildman–Crippen MR) is 150 cm³/mol. The molecule has 0 fully saturated rings. The van der Waals surface area contributed by atoms with Gasteiger partial charge < -0.3 is 14.3 Å². The Balaban J connectivity index is 1.70. The first-order valence-electron chi connectivity index (χ1n) is 11.4. The summed E-state index contributed by atoms with van der Waals surface area (Å²) in [6.07, 6.45) is 1.59. The zero-order valence-corrected chi connectivity index (χ0v) is 23.9. The lowest BCUT2D eigenvalue weighted by Crippen LogP contribution is -2.39. The quantitative estimate of drug-likeness (QED) is 0.279. The molecule has 11 heteroatoms. The van der Waals surface area contributed by atoms with E-state index in [-0.39, 0.29) is 23.5 Å². The number of carbonyl (C=O) groups excluding carboxylic acids is 1. The SMILES string of the molecule is CCOC(=O)C1=C(C)N=c2s/c(=C\c3cc(Br)ccc3O)c(=O)n2[C@H]1c1ccc(-c2ccc(Cl)c(Cl)c2)o1. The summed E-state index contributed by atoms with van der Waals surface area (Å²) < 4.78 is 14.0. The molecule has 38 heavy (non-hydrogen) atoms. The van der Waals surface area contributed by atoms with E-state index in [1.165, 1.54) is 10.6 Å². The third kappa shape index (κ3) is 4.87. The minimum Gasteiger partial charge on any atom is -0.507 e. The molecule has 1 N–H and O–H groups in total. The highest BCUT2D eigenvalue weighted by molar-refractivity contribution is 9.10. The van der Waals surface area contributed by atoms with E-state index in [0.717, 1.165) is 15.8 Å². The van der Waals surface area contributed by atoms with E-state index in [1.807, 2.05) is 0 Å². The zero-order valence-electron chi connectivity index (χ0n) is 20.0. The number of fused-ring (bicyclic) bond motifs is 1. The van der Waals surface area contributed by atoms with Crippen molar-refractivity contribution in [3.05, 3.63) is 105 Å². The van der Waals surface area contributed by atoms with Gasteiger partial charge in [-0.1, -0.05) is 50.5 Å². The van der Waals surface area contributed by atoms with Gasteiger partial charge in [-0.2, -0.15) is 0 Å². The normalized spacial score (nSPS) is 15.4. The first-order valence-corrected chi connectivity index (χ1v) is 13.8. The number of phenols is 1. The first kappa shape index (κ1) is 26.5. The first-order chi connectivity index (χ1) is 18.2. The van der Waals surface area contributed by atoms with Crippen LogP contribution >= 0.6 is 50.5 Å². The Bertz CT molecular complexity index is 1800. The van der Waals surface area contributed by atoms with Crippen molar-refractivity contribution in [2.45, 2.75) is 19.9 Å². The second-order valence-corrected chi connectivity index (χ2v) is 11.1. The number of ether oxygens (including phenoxy) is 1. The number of nitrogens with zero attached hydrogens (tertiary/aromatic N) is 2. The van der Waals surface area contributed by atoms with Crippen LogP contribution in [0.15, 0.2) is 78.5 Å². The van der Waals surface area contributed by atoms with Gasteiger partial charge in [-0.3, -0.25) is 9.36 Å². The summed E-state index contributed by atoms with van der Waals surface area (Å²) in [5, 5.41) is 11.1. The number of benzene rings is 2. The fourth-order valence-electron chi connectivity index (χ4n) is 4.15. The molecule has 2 aromatic heterocycles. The third-order valence-electron chi connectivity index (χ3n) is 5.89. The molecule has 5 rings (SSSR count). The van der Waals surface area contributed by atoms with Gasteiger partial charge in [0.05, 0.1) is 32.5 Å². The molecule has 0 saturated heterocycles. The molecule has 1 atom stereocenters. The molecule has 2 aromatic carbocycles. The summed E-state index contributed by atoms with van der Waals surface area (Å²) >= 11 is 16.8. The number of furan rings is 1. The Morgan fingerprint density at radius 3 is 2.74 bits per heavy atom. The number of phenolic OH excluding ortho intramolecular Hbond substituents is 1. The smallest absolute Gasteiger partial charge is 0.338 e. The van der Waals surface area contributed by atoms with Crippen molar-refractivity contribution in [3.63, 3.8) is 0 Å². The molecule has 0 radical (unpaired) electrons. The summed E-state index contributed by atoms with van der Waals surface area (Å²) in [6, 6.07) is 12.6. The zero-order chi connectivity index (χ0) is 27.1. The van der Waals surface area contributed by atoms with E-state index in [0.29, 0.717) is 47.7 Å². The minimum atomic E-state index is -0.917. The molecule has 7 nitrogen and oxygen atoms in total. The summed E-state index contributed by atoms with van der Waals surface area (Å²) in [7, 11) is 0. The molecule has 0 unspecified atom stereocenters. The maximum absolute atomic E-state index is 13.7. The number of esters is 1. The van der Waals surface area contributed by atoms with Gasteiger partial charge in [0.15, 0.2) is 4.80 Å². The molecule has 0 saturated carbocycles. The van der Waals surface area contributed by atoms with Crippen molar-refractivity contribution in [1.82, 2.24) is 4.57 Å². The molecule has 0 spiro atoms. The van der Waals surface area contributed by atoms with E-state index in [2.05, 4.69) is 20.9 Å². The standard InChI is InChI=1S/C27H19BrCl2N2O5S/c1-3-36-26(35)23-13(2)31-27-32(25(34)22(38-27)12-15-10-16(28)5-7-19(15)33)24(23)21-9-8-20(37-21)14-4-6-17(29)18(30)11-14/h4-12,24,33H,3H2,1-2H3/b22-12-/t24-/m0/s1. The third-order valence-corrected chi connectivity index (χ3v) is 8.11. The Labute approximate surface area is 239 Å². The maximum atomic E-state index is 13.7. The fourth-order valence-corrected chi connectivity index (χ4v) is 5.86. The molecule has 194 valence electrons. The van der Waals surface area contributed by atoms with Crippen molar-refractivity contribution in [1.29, 1.82) is 0 Å². The van der Waals surface area contributed by atoms with Crippen LogP contribution < -0.4 is 14.9 Å². The largest absolute Gasteiger partial charge is 0.507 e. The van der Waals surface area contributed by atoms with Crippen LogP contribution in [-0.4, -0.2) is 22.2 Å². The van der Waals surface area contributed by atoms with Crippen molar-refractivity contribution >= 4 is 62.5 Å². The van der Waals surface area contributed by atoms with Crippen LogP contribution in [0.5, 0.6) is 5.75 Å². The molecule has 0 amide bonds. The maximum Gasteiger partial charge on any atom is 0.338 e. The monoisotopic (exact) mass is 632 g/mol.